The molecule has 1 aliphatic heterocycles. The molecule has 1 aromatic rings. The number of anilines is 1. The minimum absolute atomic E-state index is 0. The smallest absolute Gasteiger partial charge is 0.191 e. The van der Waals surface area contributed by atoms with Crippen LogP contribution in [-0.4, -0.2) is 49.8 Å². The first-order chi connectivity index (χ1) is 11.7. The molecule has 0 aromatic carbocycles. The summed E-state index contributed by atoms with van der Waals surface area (Å²) in [6.45, 7) is 9.33. The van der Waals surface area contributed by atoms with Gasteiger partial charge in [-0.2, -0.15) is 0 Å². The Kier molecular flexibility index (Phi) is 8.21. The number of aliphatic imine (C=N–C) groups is 1. The number of rotatable bonds is 6. The lowest BCUT2D eigenvalue weighted by Gasteiger charge is -2.32. The molecule has 2 fully saturated rings. The van der Waals surface area contributed by atoms with Crippen LogP contribution in [0.25, 0.3) is 0 Å². The van der Waals surface area contributed by atoms with Gasteiger partial charge in [0.25, 0.3) is 0 Å². The Labute approximate surface area is 167 Å². The van der Waals surface area contributed by atoms with E-state index in [4.69, 9.17) is 9.73 Å². The Bertz CT molecular complexity index is 564. The number of nitrogens with one attached hydrogen (secondary N) is 2. The second-order valence-electron chi connectivity index (χ2n) is 6.67. The van der Waals surface area contributed by atoms with E-state index in [2.05, 4.69) is 40.4 Å². The molecule has 1 saturated carbocycles. The Hall–Kier alpha value is -1.09. The van der Waals surface area contributed by atoms with Gasteiger partial charge in [-0.3, -0.25) is 0 Å². The number of guanidine groups is 1. The number of nitrogens with zero attached hydrogens (tertiary/aromatic N) is 3. The topological polar surface area (TPSA) is 61.8 Å². The third kappa shape index (κ3) is 6.62. The van der Waals surface area contributed by atoms with E-state index in [1.165, 1.54) is 18.4 Å². The van der Waals surface area contributed by atoms with Crippen molar-refractivity contribution in [3.8, 4) is 0 Å². The fourth-order valence-electron chi connectivity index (χ4n) is 2.83. The zero-order valence-corrected chi connectivity index (χ0v) is 17.5. The summed E-state index contributed by atoms with van der Waals surface area (Å²) >= 11 is 0. The van der Waals surface area contributed by atoms with E-state index in [-0.39, 0.29) is 30.1 Å². The molecule has 1 aliphatic carbocycles. The zero-order chi connectivity index (χ0) is 16.8. The van der Waals surface area contributed by atoms with E-state index in [0.717, 1.165) is 50.5 Å². The summed E-state index contributed by atoms with van der Waals surface area (Å²) in [5, 5.41) is 6.75. The molecular formula is C18H30IN5O. The molecule has 1 unspecified atom stereocenters. The summed E-state index contributed by atoms with van der Waals surface area (Å²) < 4.78 is 5.61. The van der Waals surface area contributed by atoms with Gasteiger partial charge in [-0.15, -0.1) is 24.0 Å². The maximum absolute atomic E-state index is 5.61. The second-order valence-corrected chi connectivity index (χ2v) is 6.67. The van der Waals surface area contributed by atoms with Crippen LogP contribution in [0.1, 0.15) is 32.3 Å². The monoisotopic (exact) mass is 459 g/mol. The van der Waals surface area contributed by atoms with Crippen LogP contribution in [-0.2, 0) is 11.3 Å². The molecule has 6 nitrogen and oxygen atoms in total. The summed E-state index contributed by atoms with van der Waals surface area (Å²) in [6, 6.07) is 4.19. The van der Waals surface area contributed by atoms with E-state index in [0.29, 0.717) is 6.54 Å². The van der Waals surface area contributed by atoms with E-state index >= 15 is 0 Å². The molecular weight excluding hydrogens is 429 g/mol. The normalized spacial score (nSPS) is 20.8. The van der Waals surface area contributed by atoms with Gasteiger partial charge in [0.05, 0.1) is 19.3 Å². The summed E-state index contributed by atoms with van der Waals surface area (Å²) in [5.41, 5.74) is 1.18. The van der Waals surface area contributed by atoms with Gasteiger partial charge in [0.1, 0.15) is 5.82 Å². The molecule has 2 heterocycles. The molecule has 1 aromatic heterocycles. The molecule has 2 aliphatic rings. The van der Waals surface area contributed by atoms with Crippen molar-refractivity contribution < 1.29 is 4.74 Å². The lowest BCUT2D eigenvalue weighted by Crippen LogP contribution is -2.41. The maximum atomic E-state index is 5.61. The van der Waals surface area contributed by atoms with Crippen LogP contribution in [0.3, 0.4) is 0 Å². The molecule has 0 amide bonds. The van der Waals surface area contributed by atoms with E-state index in [1.807, 2.05) is 12.3 Å². The van der Waals surface area contributed by atoms with E-state index < -0.39 is 0 Å². The number of morpholine rings is 1. The highest BCUT2D eigenvalue weighted by Gasteiger charge is 2.21. The average Bonchev–Trinajstić information content (AvgIpc) is 3.42. The standard InChI is InChI=1S/C18H29N5O.HI/c1-3-19-18(21-11-15-4-5-15)22-12-16-6-7-20-17(10-16)23-8-9-24-14(2)13-23;/h6-7,10,14-15H,3-5,8-9,11-13H2,1-2H3,(H2,19,21,22);1H. The first-order valence-corrected chi connectivity index (χ1v) is 9.08. The molecule has 3 rings (SSSR count). The molecule has 0 radical (unpaired) electrons. The molecule has 1 saturated heterocycles. The summed E-state index contributed by atoms with van der Waals surface area (Å²) in [5.74, 6) is 2.77. The minimum atomic E-state index is 0. The van der Waals surface area contributed by atoms with Crippen LogP contribution >= 0.6 is 24.0 Å². The molecule has 140 valence electrons. The van der Waals surface area contributed by atoms with E-state index in [1.54, 1.807) is 0 Å². The Balaban J connectivity index is 0.00000225. The van der Waals surface area contributed by atoms with Crippen molar-refractivity contribution >= 4 is 35.8 Å². The van der Waals surface area contributed by atoms with Crippen LogP contribution in [0.15, 0.2) is 23.3 Å². The van der Waals surface area contributed by atoms with Crippen LogP contribution < -0.4 is 15.5 Å². The molecule has 25 heavy (non-hydrogen) atoms. The average molecular weight is 459 g/mol. The number of pyridine rings is 1. The lowest BCUT2D eigenvalue weighted by atomic mass is 10.2. The highest BCUT2D eigenvalue weighted by molar-refractivity contribution is 14.0. The molecule has 2 N–H and O–H groups in total. The summed E-state index contributed by atoms with van der Waals surface area (Å²) in [4.78, 5) is 11.5. The van der Waals surface area contributed by atoms with Crippen LogP contribution in [0, 0.1) is 5.92 Å². The van der Waals surface area contributed by atoms with E-state index in [9.17, 15) is 0 Å². The fourth-order valence-corrected chi connectivity index (χ4v) is 2.83. The van der Waals surface area contributed by atoms with Gasteiger partial charge in [0.2, 0.25) is 0 Å². The van der Waals surface area contributed by atoms with Crippen molar-refractivity contribution in [3.05, 3.63) is 23.9 Å². The minimum Gasteiger partial charge on any atom is -0.375 e. The van der Waals surface area contributed by atoms with Crippen LogP contribution in [0.2, 0.25) is 0 Å². The molecule has 0 bridgehead atoms. The summed E-state index contributed by atoms with van der Waals surface area (Å²) in [6.07, 6.45) is 4.83. The van der Waals surface area contributed by atoms with Crippen molar-refractivity contribution in [2.75, 3.05) is 37.7 Å². The van der Waals surface area contributed by atoms with Gasteiger partial charge >= 0.3 is 0 Å². The van der Waals surface area contributed by atoms with Gasteiger partial charge in [-0.05, 0) is 50.3 Å². The zero-order valence-electron chi connectivity index (χ0n) is 15.2. The van der Waals surface area contributed by atoms with Crippen LogP contribution in [0.5, 0.6) is 0 Å². The number of hydrogen-bond donors (Lipinski definition) is 2. The van der Waals surface area contributed by atoms with Gasteiger partial charge in [0, 0.05) is 32.4 Å². The number of halogens is 1. The fraction of sp³-hybridized carbons (Fsp3) is 0.667. The third-order valence-electron chi connectivity index (χ3n) is 4.39. The largest absolute Gasteiger partial charge is 0.375 e. The highest BCUT2D eigenvalue weighted by Crippen LogP contribution is 2.27. The highest BCUT2D eigenvalue weighted by atomic mass is 127. The second kappa shape index (κ2) is 10.2. The Morgan fingerprint density at radius 3 is 2.96 bits per heavy atom. The number of hydrogen-bond acceptors (Lipinski definition) is 4. The van der Waals surface area contributed by atoms with Crippen molar-refractivity contribution in [1.29, 1.82) is 0 Å². The Morgan fingerprint density at radius 1 is 1.40 bits per heavy atom. The lowest BCUT2D eigenvalue weighted by molar-refractivity contribution is 0.0529. The third-order valence-corrected chi connectivity index (χ3v) is 4.39. The predicted octanol–water partition coefficient (Wildman–Crippen LogP) is 2.39. The van der Waals surface area contributed by atoms with Gasteiger partial charge in [0.15, 0.2) is 5.96 Å². The molecule has 1 atom stereocenters. The maximum Gasteiger partial charge on any atom is 0.191 e. The van der Waals surface area contributed by atoms with Crippen molar-refractivity contribution in [3.63, 3.8) is 0 Å². The Morgan fingerprint density at radius 2 is 2.24 bits per heavy atom. The van der Waals surface area contributed by atoms with Gasteiger partial charge < -0.3 is 20.3 Å². The SMILES string of the molecule is CCNC(=NCc1ccnc(N2CCOC(C)C2)c1)NCC1CC1.I. The first kappa shape index (κ1) is 20.2. The number of aromatic nitrogens is 1. The first-order valence-electron chi connectivity index (χ1n) is 9.08. The van der Waals surface area contributed by atoms with Crippen molar-refractivity contribution in [1.82, 2.24) is 15.6 Å². The number of ether oxygens (including phenoxy) is 1. The summed E-state index contributed by atoms with van der Waals surface area (Å²) in [7, 11) is 0. The quantitative estimate of drug-likeness (QED) is 0.389. The van der Waals surface area contributed by atoms with Crippen molar-refractivity contribution in [2.24, 2.45) is 10.9 Å². The van der Waals surface area contributed by atoms with Crippen LogP contribution in [0.4, 0.5) is 5.82 Å². The van der Waals surface area contributed by atoms with Gasteiger partial charge in [-0.25, -0.2) is 9.98 Å². The van der Waals surface area contributed by atoms with Crippen molar-refractivity contribution in [2.45, 2.75) is 39.3 Å². The molecule has 0 spiro atoms. The molecule has 7 heteroatoms. The van der Waals surface area contributed by atoms with Gasteiger partial charge in [-0.1, -0.05) is 0 Å². The predicted molar refractivity (Wildman–Crippen MR) is 113 cm³/mol.